The molecule has 0 heterocycles. The minimum absolute atomic E-state index is 0. The average Bonchev–Trinajstić information content (AvgIpc) is 2.44. The molecule has 1 N–H and O–H groups in total. The summed E-state index contributed by atoms with van der Waals surface area (Å²) in [5.41, 5.74) is -0.727. The van der Waals surface area contributed by atoms with Gasteiger partial charge in [0, 0.05) is 18.0 Å². The van der Waals surface area contributed by atoms with E-state index in [1.165, 1.54) is 0 Å². The molecule has 0 radical (unpaired) electrons. The van der Waals surface area contributed by atoms with E-state index >= 15 is 0 Å². The fourth-order valence-electron chi connectivity index (χ4n) is 0.969. The van der Waals surface area contributed by atoms with Crippen LogP contribution in [0.3, 0.4) is 0 Å². The Labute approximate surface area is 81.7 Å². The summed E-state index contributed by atoms with van der Waals surface area (Å²) in [5, 5.41) is 18.7. The van der Waals surface area contributed by atoms with Crippen molar-refractivity contribution in [1.82, 2.24) is 0 Å². The van der Waals surface area contributed by atoms with Crippen LogP contribution in [-0.2, 0) is 4.79 Å². The Morgan fingerprint density at radius 1 is 1.90 bits per heavy atom. The van der Waals surface area contributed by atoms with E-state index in [0.29, 0.717) is 6.42 Å². The van der Waals surface area contributed by atoms with Gasteiger partial charge in [-0.3, -0.25) is 0 Å². The van der Waals surface area contributed by atoms with E-state index < -0.39 is 11.4 Å². The van der Waals surface area contributed by atoms with Crippen LogP contribution in [0.1, 0.15) is 13.3 Å². The van der Waals surface area contributed by atoms with Crippen LogP contribution < -0.4 is 34.7 Å². The summed E-state index contributed by atoms with van der Waals surface area (Å²) in [6.07, 6.45) is 0.561. The molecule has 2 atom stereocenters. The summed E-state index contributed by atoms with van der Waals surface area (Å²) >= 11 is 0. The van der Waals surface area contributed by atoms with Crippen molar-refractivity contribution in [2.75, 3.05) is 6.61 Å². The summed E-state index contributed by atoms with van der Waals surface area (Å²) in [5.74, 6) is -1.11. The average molecular weight is 152 g/mol. The number of carboxylic acids is 1. The molecule has 0 aromatic heterocycles. The summed E-state index contributed by atoms with van der Waals surface area (Å²) in [4.78, 5) is 10.2. The van der Waals surface area contributed by atoms with Crippen molar-refractivity contribution in [2.24, 2.45) is 11.3 Å². The Hall–Kier alpha value is 0.430. The van der Waals surface area contributed by atoms with Crippen molar-refractivity contribution < 1.29 is 44.6 Å². The third kappa shape index (κ3) is 1.53. The quantitative estimate of drug-likeness (QED) is 0.408. The molecule has 0 amide bonds. The largest absolute Gasteiger partial charge is 1.00 e. The van der Waals surface area contributed by atoms with Crippen LogP contribution in [0.2, 0.25) is 0 Å². The van der Waals surface area contributed by atoms with E-state index in [1.54, 1.807) is 6.92 Å². The van der Waals surface area contributed by atoms with Gasteiger partial charge in [0.05, 0.1) is 0 Å². The van der Waals surface area contributed by atoms with Crippen LogP contribution in [0, 0.1) is 11.3 Å². The van der Waals surface area contributed by atoms with Crippen molar-refractivity contribution in [2.45, 2.75) is 13.3 Å². The standard InChI is InChI=1S/C6H10O3.Na/c1-6(5(8)9)2-4(6)3-7;/h4,7H,2-3H2,1H3,(H,8,9);/q;+1/p-1/t4-,6+;/m0./s1. The third-order valence-corrected chi connectivity index (χ3v) is 2.10. The third-order valence-electron chi connectivity index (χ3n) is 2.10. The van der Waals surface area contributed by atoms with Gasteiger partial charge < -0.3 is 15.0 Å². The number of hydrogen-bond acceptors (Lipinski definition) is 3. The van der Waals surface area contributed by atoms with Crippen LogP contribution in [-0.4, -0.2) is 17.7 Å². The van der Waals surface area contributed by atoms with Crippen molar-refractivity contribution in [3.8, 4) is 0 Å². The minimum atomic E-state index is -1.04. The molecule has 52 valence electrons. The smallest absolute Gasteiger partial charge is 0.550 e. The van der Waals surface area contributed by atoms with Gasteiger partial charge in [0.15, 0.2) is 0 Å². The maximum absolute atomic E-state index is 10.2. The van der Waals surface area contributed by atoms with Crippen LogP contribution in [0.4, 0.5) is 0 Å². The van der Waals surface area contributed by atoms with E-state index in [2.05, 4.69) is 0 Å². The van der Waals surface area contributed by atoms with Gasteiger partial charge in [-0.2, -0.15) is 0 Å². The van der Waals surface area contributed by atoms with Crippen molar-refractivity contribution in [1.29, 1.82) is 0 Å². The second-order valence-corrected chi connectivity index (χ2v) is 2.79. The first-order valence-corrected chi connectivity index (χ1v) is 2.93. The number of hydrogen-bond donors (Lipinski definition) is 1. The molecule has 10 heavy (non-hydrogen) atoms. The summed E-state index contributed by atoms with van der Waals surface area (Å²) in [6, 6.07) is 0. The molecule has 1 fully saturated rings. The number of aliphatic carboxylic acids is 1. The molecule has 0 bridgehead atoms. The van der Waals surface area contributed by atoms with Gasteiger partial charge in [0.25, 0.3) is 0 Å². The second kappa shape index (κ2) is 3.22. The Morgan fingerprint density at radius 2 is 2.40 bits per heavy atom. The van der Waals surface area contributed by atoms with Gasteiger partial charge in [0.2, 0.25) is 0 Å². The van der Waals surface area contributed by atoms with Gasteiger partial charge in [0.1, 0.15) is 0 Å². The molecule has 0 aromatic rings. The molecule has 0 aromatic carbocycles. The number of rotatable bonds is 2. The number of carbonyl (C=O) groups excluding carboxylic acids is 1. The Balaban J connectivity index is 0.000000810. The first-order chi connectivity index (χ1) is 4.11. The van der Waals surface area contributed by atoms with Gasteiger partial charge in [-0.1, -0.05) is 6.92 Å². The van der Waals surface area contributed by atoms with Gasteiger partial charge in [-0.05, 0) is 12.3 Å². The van der Waals surface area contributed by atoms with Gasteiger partial charge >= 0.3 is 29.6 Å². The molecule has 3 nitrogen and oxygen atoms in total. The molecule has 0 aliphatic heterocycles. The predicted molar refractivity (Wildman–Crippen MR) is 28.3 cm³/mol. The van der Waals surface area contributed by atoms with Crippen molar-refractivity contribution in [3.63, 3.8) is 0 Å². The van der Waals surface area contributed by atoms with E-state index in [1.807, 2.05) is 0 Å². The molecule has 4 heteroatoms. The number of carbonyl (C=O) groups is 1. The molecule has 0 spiro atoms. The zero-order valence-electron chi connectivity index (χ0n) is 6.26. The maximum atomic E-state index is 10.2. The van der Waals surface area contributed by atoms with Gasteiger partial charge in [-0.25, -0.2) is 0 Å². The fourth-order valence-corrected chi connectivity index (χ4v) is 0.969. The van der Waals surface area contributed by atoms with Gasteiger partial charge in [-0.15, -0.1) is 0 Å². The van der Waals surface area contributed by atoms with Crippen molar-refractivity contribution in [3.05, 3.63) is 0 Å². The Bertz CT molecular complexity index is 148. The molecule has 1 rings (SSSR count). The number of aliphatic hydroxyl groups is 1. The zero-order chi connectivity index (χ0) is 7.07. The predicted octanol–water partition coefficient (Wildman–Crippen LogP) is -4.24. The summed E-state index contributed by atoms with van der Waals surface area (Å²) in [6.45, 7) is 1.56. The van der Waals surface area contributed by atoms with E-state index in [-0.39, 0.29) is 42.1 Å². The second-order valence-electron chi connectivity index (χ2n) is 2.79. The molecule has 1 aliphatic rings. The molecular formula is C6H9NaO3. The zero-order valence-corrected chi connectivity index (χ0v) is 8.26. The normalized spacial score (nSPS) is 36.4. The first kappa shape index (κ1) is 10.4. The van der Waals surface area contributed by atoms with Crippen LogP contribution in [0.25, 0.3) is 0 Å². The monoisotopic (exact) mass is 152 g/mol. The van der Waals surface area contributed by atoms with Crippen LogP contribution >= 0.6 is 0 Å². The Kier molecular flexibility index (Phi) is 3.36. The molecular weight excluding hydrogens is 143 g/mol. The summed E-state index contributed by atoms with van der Waals surface area (Å²) < 4.78 is 0. The number of carboxylic acid groups (broad SMARTS) is 1. The fraction of sp³-hybridized carbons (Fsp3) is 0.833. The molecule has 1 aliphatic carbocycles. The van der Waals surface area contributed by atoms with E-state index in [9.17, 15) is 9.90 Å². The molecule has 1 saturated carbocycles. The summed E-state index contributed by atoms with van der Waals surface area (Å²) in [7, 11) is 0. The molecule has 0 unspecified atom stereocenters. The topological polar surface area (TPSA) is 60.4 Å². The Morgan fingerprint density at radius 3 is 2.50 bits per heavy atom. The van der Waals surface area contributed by atoms with Crippen molar-refractivity contribution >= 4 is 5.97 Å². The van der Waals surface area contributed by atoms with E-state index in [0.717, 1.165) is 0 Å². The van der Waals surface area contributed by atoms with E-state index in [4.69, 9.17) is 5.11 Å². The first-order valence-electron chi connectivity index (χ1n) is 2.93. The number of aliphatic hydroxyl groups excluding tert-OH is 1. The van der Waals surface area contributed by atoms with Crippen LogP contribution in [0.5, 0.6) is 0 Å². The SMILES string of the molecule is C[C@@]1(C(=O)[O-])C[C@H]1CO.[Na+]. The van der Waals surface area contributed by atoms with Crippen LogP contribution in [0.15, 0.2) is 0 Å². The maximum Gasteiger partial charge on any atom is 1.00 e. The molecule has 0 saturated heterocycles. The minimum Gasteiger partial charge on any atom is -0.550 e.